The van der Waals surface area contributed by atoms with Crippen LogP contribution in [0.1, 0.15) is 24.4 Å². The minimum Gasteiger partial charge on any atom is -0.298 e. The number of nitrogens with one attached hydrogen (secondary N) is 1. The molecule has 1 aromatic heterocycles. The van der Waals surface area contributed by atoms with Gasteiger partial charge in [0.2, 0.25) is 10.0 Å². The smallest absolute Gasteiger partial charge is 0.241 e. The van der Waals surface area contributed by atoms with Gasteiger partial charge in [0, 0.05) is 27.7 Å². The molecular formula is C25H26IN3O2S. The van der Waals surface area contributed by atoms with Crippen LogP contribution in [0.15, 0.2) is 78.3 Å². The standard InChI is InChI=1S/C25H26IN3O2S/c1-2-17-16-29-14-12-18(17)15-24(29)25(22-11-13-27-23-6-4-3-5-21(22)23)28-32(30,31)20-9-7-19(26)8-10-20/h2-11,13,17-18,24-25,28H,1,12,14-16H2/t17-,18-,24+,25-/m0/s1. The number of pyridine rings is 1. The van der Waals surface area contributed by atoms with Gasteiger partial charge >= 0.3 is 0 Å². The third-order valence-corrected chi connectivity index (χ3v) is 9.14. The zero-order valence-corrected chi connectivity index (χ0v) is 20.7. The maximum Gasteiger partial charge on any atom is 0.241 e. The second-order valence-electron chi connectivity index (χ2n) is 8.72. The van der Waals surface area contributed by atoms with Crippen LogP contribution in [0.4, 0.5) is 0 Å². The summed E-state index contributed by atoms with van der Waals surface area (Å²) >= 11 is 2.19. The normalized spacial score (nSPS) is 26.2. The molecule has 6 rings (SSSR count). The predicted octanol–water partition coefficient (Wildman–Crippen LogP) is 4.76. The van der Waals surface area contributed by atoms with Crippen LogP contribution in [-0.4, -0.2) is 37.4 Å². The first kappa shape index (κ1) is 22.0. The molecule has 5 nitrogen and oxygen atoms in total. The van der Waals surface area contributed by atoms with Crippen LogP contribution in [-0.2, 0) is 10.0 Å². The lowest BCUT2D eigenvalue weighted by molar-refractivity contribution is 0.00490. The summed E-state index contributed by atoms with van der Waals surface area (Å²) in [6.45, 7) is 5.96. The van der Waals surface area contributed by atoms with E-state index in [1.165, 1.54) is 0 Å². The second kappa shape index (κ2) is 8.85. The molecular weight excluding hydrogens is 533 g/mol. The molecule has 166 valence electrons. The van der Waals surface area contributed by atoms with E-state index in [0.29, 0.717) is 16.7 Å². The van der Waals surface area contributed by atoms with E-state index in [9.17, 15) is 8.42 Å². The SMILES string of the molecule is C=C[C@H]1CN2CC[C@H]1C[C@@H]2[C@@H](NS(=O)(=O)c1ccc(I)cc1)c1ccnc2ccccc12. The number of para-hydroxylation sites is 1. The van der Waals surface area contributed by atoms with Crippen LogP contribution in [0.25, 0.3) is 10.9 Å². The van der Waals surface area contributed by atoms with E-state index in [4.69, 9.17) is 0 Å². The van der Waals surface area contributed by atoms with E-state index in [1.807, 2.05) is 42.5 Å². The van der Waals surface area contributed by atoms with Crippen molar-refractivity contribution >= 4 is 43.5 Å². The third kappa shape index (κ3) is 4.11. The molecule has 0 saturated carbocycles. The van der Waals surface area contributed by atoms with Gasteiger partial charge in [-0.3, -0.25) is 9.88 Å². The van der Waals surface area contributed by atoms with Gasteiger partial charge in [0.05, 0.1) is 16.5 Å². The Hall–Kier alpha value is -1.81. The van der Waals surface area contributed by atoms with Gasteiger partial charge in [0.25, 0.3) is 0 Å². The Morgan fingerprint density at radius 3 is 2.66 bits per heavy atom. The number of nitrogens with zero attached hydrogens (tertiary/aromatic N) is 2. The first-order valence-electron chi connectivity index (χ1n) is 10.9. The predicted molar refractivity (Wildman–Crippen MR) is 136 cm³/mol. The highest BCUT2D eigenvalue weighted by molar-refractivity contribution is 14.1. The van der Waals surface area contributed by atoms with Gasteiger partial charge < -0.3 is 0 Å². The summed E-state index contributed by atoms with van der Waals surface area (Å²) < 4.78 is 31.0. The van der Waals surface area contributed by atoms with Crippen LogP contribution >= 0.6 is 22.6 Å². The first-order valence-corrected chi connectivity index (χ1v) is 13.5. The Bertz CT molecular complexity index is 1240. The average Bonchev–Trinajstić information content (AvgIpc) is 2.82. The fourth-order valence-corrected chi connectivity index (χ4v) is 6.92. The van der Waals surface area contributed by atoms with Gasteiger partial charge in [0.1, 0.15) is 0 Å². The van der Waals surface area contributed by atoms with Crippen LogP contribution in [0.3, 0.4) is 0 Å². The van der Waals surface area contributed by atoms with E-state index < -0.39 is 10.0 Å². The molecule has 5 atom stereocenters. The Morgan fingerprint density at radius 2 is 1.94 bits per heavy atom. The summed E-state index contributed by atoms with van der Waals surface area (Å²) in [7, 11) is -3.70. The maximum absolute atomic E-state index is 13.5. The largest absolute Gasteiger partial charge is 0.298 e. The Morgan fingerprint density at radius 1 is 1.16 bits per heavy atom. The van der Waals surface area contributed by atoms with Crippen LogP contribution in [0.5, 0.6) is 0 Å². The lowest BCUT2D eigenvalue weighted by Crippen LogP contribution is -2.57. The molecule has 0 amide bonds. The van der Waals surface area contributed by atoms with Gasteiger partial charge in [-0.15, -0.1) is 6.58 Å². The van der Waals surface area contributed by atoms with Crippen LogP contribution in [0, 0.1) is 15.4 Å². The van der Waals surface area contributed by atoms with Crippen molar-refractivity contribution in [3.05, 3.63) is 82.6 Å². The highest BCUT2D eigenvalue weighted by Gasteiger charge is 2.44. The van der Waals surface area contributed by atoms with E-state index in [-0.39, 0.29) is 12.1 Å². The van der Waals surface area contributed by atoms with Crippen LogP contribution in [0.2, 0.25) is 0 Å². The summed E-state index contributed by atoms with van der Waals surface area (Å²) in [6, 6.07) is 16.7. The Labute approximate surface area is 203 Å². The van der Waals surface area contributed by atoms with Crippen LogP contribution < -0.4 is 4.72 Å². The van der Waals surface area contributed by atoms with E-state index >= 15 is 0 Å². The number of piperidine rings is 3. The molecule has 0 spiro atoms. The number of fused-ring (bicyclic) bond motifs is 4. The third-order valence-electron chi connectivity index (χ3n) is 6.96. The number of hydrogen-bond donors (Lipinski definition) is 1. The second-order valence-corrected chi connectivity index (χ2v) is 11.7. The van der Waals surface area contributed by atoms with E-state index in [1.54, 1.807) is 18.3 Å². The molecule has 1 N–H and O–H groups in total. The van der Waals surface area contributed by atoms with Crippen molar-refractivity contribution in [3.8, 4) is 0 Å². The summed E-state index contributed by atoms with van der Waals surface area (Å²) in [5.74, 6) is 1.02. The van der Waals surface area contributed by atoms with Gasteiger partial charge in [-0.25, -0.2) is 13.1 Å². The Kier molecular flexibility index (Phi) is 6.09. The van der Waals surface area contributed by atoms with Crippen molar-refractivity contribution in [3.63, 3.8) is 0 Å². The summed E-state index contributed by atoms with van der Waals surface area (Å²) in [4.78, 5) is 7.24. The van der Waals surface area contributed by atoms with Gasteiger partial charge in [-0.05, 0) is 95.8 Å². The fourth-order valence-electron chi connectivity index (χ4n) is 5.31. The molecule has 2 aromatic carbocycles. The molecule has 7 heteroatoms. The summed E-state index contributed by atoms with van der Waals surface area (Å²) in [6.07, 6.45) is 5.94. The first-order chi connectivity index (χ1) is 15.5. The quantitative estimate of drug-likeness (QED) is 0.350. The molecule has 3 fully saturated rings. The molecule has 4 heterocycles. The van der Waals surface area contributed by atoms with Gasteiger partial charge in [-0.2, -0.15) is 0 Å². The van der Waals surface area contributed by atoms with Gasteiger partial charge in [0.15, 0.2) is 0 Å². The topological polar surface area (TPSA) is 62.3 Å². The lowest BCUT2D eigenvalue weighted by atomic mass is 9.73. The van der Waals surface area contributed by atoms with E-state index in [0.717, 1.165) is 46.0 Å². The number of aromatic nitrogens is 1. The maximum atomic E-state index is 13.5. The number of halogens is 1. The molecule has 1 unspecified atom stereocenters. The van der Waals surface area contributed by atoms with Crippen molar-refractivity contribution in [1.29, 1.82) is 0 Å². The lowest BCUT2D eigenvalue weighted by Gasteiger charge is -2.51. The summed E-state index contributed by atoms with van der Waals surface area (Å²) in [5.41, 5.74) is 1.86. The van der Waals surface area contributed by atoms with Crippen molar-refractivity contribution in [2.24, 2.45) is 11.8 Å². The zero-order chi connectivity index (χ0) is 22.3. The summed E-state index contributed by atoms with van der Waals surface area (Å²) in [5, 5.41) is 0.994. The average molecular weight is 559 g/mol. The minimum absolute atomic E-state index is 0.0920. The zero-order valence-electron chi connectivity index (χ0n) is 17.7. The highest BCUT2D eigenvalue weighted by atomic mass is 127. The van der Waals surface area contributed by atoms with Gasteiger partial charge in [-0.1, -0.05) is 24.3 Å². The number of benzene rings is 2. The monoisotopic (exact) mass is 559 g/mol. The molecule has 3 aromatic rings. The van der Waals surface area contributed by atoms with Crippen molar-refractivity contribution in [2.75, 3.05) is 13.1 Å². The van der Waals surface area contributed by atoms with Crippen molar-refractivity contribution in [1.82, 2.24) is 14.6 Å². The molecule has 3 aliphatic rings. The minimum atomic E-state index is -3.70. The van der Waals surface area contributed by atoms with Crippen molar-refractivity contribution < 1.29 is 8.42 Å². The Balaban J connectivity index is 1.58. The number of rotatable bonds is 6. The molecule has 32 heavy (non-hydrogen) atoms. The molecule has 3 saturated heterocycles. The fraction of sp³-hybridized carbons (Fsp3) is 0.320. The molecule has 0 aliphatic carbocycles. The molecule has 0 radical (unpaired) electrons. The molecule has 2 bridgehead atoms. The highest BCUT2D eigenvalue weighted by Crippen LogP contribution is 2.42. The number of sulfonamides is 1. The number of hydrogen-bond acceptors (Lipinski definition) is 4. The molecule has 3 aliphatic heterocycles. The van der Waals surface area contributed by atoms with Crippen molar-refractivity contribution in [2.45, 2.75) is 29.8 Å². The van der Waals surface area contributed by atoms with E-state index in [2.05, 4.69) is 49.9 Å².